The zero-order valence-electron chi connectivity index (χ0n) is 12.4. The summed E-state index contributed by atoms with van der Waals surface area (Å²) in [5, 5.41) is 0. The number of hydrogen-bond acceptors (Lipinski definition) is 0. The third kappa shape index (κ3) is 4.33. The summed E-state index contributed by atoms with van der Waals surface area (Å²) < 4.78 is 12.9. The Kier molecular flexibility index (Phi) is 5.42. The first-order chi connectivity index (χ1) is 9.19. The Bertz CT molecular complexity index is 360. The Morgan fingerprint density at radius 2 is 1.74 bits per heavy atom. The van der Waals surface area contributed by atoms with Crippen LogP contribution in [0.4, 0.5) is 4.39 Å². The molecule has 0 bridgehead atoms. The second-order valence-electron chi connectivity index (χ2n) is 6.36. The molecule has 0 N–H and O–H groups in total. The molecule has 1 saturated carbocycles. The van der Waals surface area contributed by atoms with Crippen molar-refractivity contribution >= 4 is 0 Å². The molecule has 0 aromatic heterocycles. The Morgan fingerprint density at radius 1 is 1.11 bits per heavy atom. The third-order valence-electron chi connectivity index (χ3n) is 4.95. The van der Waals surface area contributed by atoms with Crippen LogP contribution >= 0.6 is 0 Å². The SMILES string of the molecule is CCC(C)CCC1CCC(c2ccc(F)cc2)CC1. The molecular formula is C18H27F. The van der Waals surface area contributed by atoms with Gasteiger partial charge in [0.25, 0.3) is 0 Å². The summed E-state index contributed by atoms with van der Waals surface area (Å²) in [7, 11) is 0. The molecule has 0 amide bonds. The van der Waals surface area contributed by atoms with Crippen LogP contribution in [0.5, 0.6) is 0 Å². The second-order valence-corrected chi connectivity index (χ2v) is 6.36. The van der Waals surface area contributed by atoms with E-state index in [1.807, 2.05) is 12.1 Å². The lowest BCUT2D eigenvalue weighted by Gasteiger charge is -2.29. The molecule has 0 nitrogen and oxygen atoms in total. The van der Waals surface area contributed by atoms with Gasteiger partial charge in [-0.05, 0) is 61.1 Å². The molecule has 1 unspecified atom stereocenters. The molecule has 1 atom stereocenters. The first-order valence-electron chi connectivity index (χ1n) is 7.94. The van der Waals surface area contributed by atoms with Gasteiger partial charge in [0.1, 0.15) is 5.82 Å². The molecule has 1 aliphatic rings. The summed E-state index contributed by atoms with van der Waals surface area (Å²) in [6, 6.07) is 7.15. The molecule has 0 heterocycles. The highest BCUT2D eigenvalue weighted by atomic mass is 19.1. The van der Waals surface area contributed by atoms with Crippen molar-refractivity contribution < 1.29 is 4.39 Å². The zero-order valence-corrected chi connectivity index (χ0v) is 12.4. The fourth-order valence-electron chi connectivity index (χ4n) is 3.24. The molecule has 1 aromatic carbocycles. The largest absolute Gasteiger partial charge is 0.207 e. The van der Waals surface area contributed by atoms with E-state index in [0.29, 0.717) is 5.92 Å². The molecular weight excluding hydrogens is 235 g/mol. The topological polar surface area (TPSA) is 0 Å². The zero-order chi connectivity index (χ0) is 13.7. The van der Waals surface area contributed by atoms with E-state index < -0.39 is 0 Å². The Balaban J connectivity index is 1.77. The molecule has 1 heteroatoms. The van der Waals surface area contributed by atoms with Gasteiger partial charge in [0.05, 0.1) is 0 Å². The van der Waals surface area contributed by atoms with Crippen molar-refractivity contribution in [2.75, 3.05) is 0 Å². The van der Waals surface area contributed by atoms with Gasteiger partial charge in [0, 0.05) is 0 Å². The van der Waals surface area contributed by atoms with Crippen molar-refractivity contribution in [3.05, 3.63) is 35.6 Å². The van der Waals surface area contributed by atoms with Crippen LogP contribution in [-0.2, 0) is 0 Å². The normalized spacial score (nSPS) is 25.2. The van der Waals surface area contributed by atoms with Crippen LogP contribution in [0.1, 0.15) is 70.3 Å². The van der Waals surface area contributed by atoms with E-state index in [9.17, 15) is 4.39 Å². The minimum atomic E-state index is -0.119. The van der Waals surface area contributed by atoms with Crippen LogP contribution in [0.25, 0.3) is 0 Å². The molecule has 106 valence electrons. The van der Waals surface area contributed by atoms with Crippen molar-refractivity contribution in [1.29, 1.82) is 0 Å². The number of halogens is 1. The van der Waals surface area contributed by atoms with E-state index in [-0.39, 0.29) is 5.82 Å². The van der Waals surface area contributed by atoms with Crippen molar-refractivity contribution in [2.45, 2.75) is 64.7 Å². The summed E-state index contributed by atoms with van der Waals surface area (Å²) in [5.41, 5.74) is 1.33. The highest BCUT2D eigenvalue weighted by Crippen LogP contribution is 2.38. The first kappa shape index (κ1) is 14.6. The lowest BCUT2D eigenvalue weighted by Crippen LogP contribution is -2.14. The fourth-order valence-corrected chi connectivity index (χ4v) is 3.24. The average Bonchev–Trinajstić information content (AvgIpc) is 2.46. The van der Waals surface area contributed by atoms with E-state index in [1.165, 1.54) is 50.5 Å². The molecule has 0 saturated heterocycles. The van der Waals surface area contributed by atoms with E-state index in [2.05, 4.69) is 13.8 Å². The van der Waals surface area contributed by atoms with E-state index in [1.54, 1.807) is 12.1 Å². The van der Waals surface area contributed by atoms with Gasteiger partial charge in [-0.3, -0.25) is 0 Å². The molecule has 0 aliphatic heterocycles. The Morgan fingerprint density at radius 3 is 2.32 bits per heavy atom. The van der Waals surface area contributed by atoms with Crippen LogP contribution < -0.4 is 0 Å². The van der Waals surface area contributed by atoms with E-state index >= 15 is 0 Å². The predicted molar refractivity (Wildman–Crippen MR) is 79.8 cm³/mol. The highest BCUT2D eigenvalue weighted by Gasteiger charge is 2.22. The second kappa shape index (κ2) is 7.07. The molecule has 1 fully saturated rings. The number of rotatable bonds is 5. The lowest BCUT2D eigenvalue weighted by molar-refractivity contribution is 0.289. The summed E-state index contributed by atoms with van der Waals surface area (Å²) in [4.78, 5) is 0. The van der Waals surface area contributed by atoms with Crippen LogP contribution in [-0.4, -0.2) is 0 Å². The van der Waals surface area contributed by atoms with Gasteiger partial charge in [-0.25, -0.2) is 4.39 Å². The van der Waals surface area contributed by atoms with Crippen molar-refractivity contribution in [3.8, 4) is 0 Å². The quantitative estimate of drug-likeness (QED) is 0.617. The molecule has 19 heavy (non-hydrogen) atoms. The summed E-state index contributed by atoms with van der Waals surface area (Å²) in [5.74, 6) is 2.37. The monoisotopic (exact) mass is 262 g/mol. The van der Waals surface area contributed by atoms with Gasteiger partial charge in [-0.1, -0.05) is 45.2 Å². The maximum absolute atomic E-state index is 12.9. The lowest BCUT2D eigenvalue weighted by atomic mass is 9.76. The molecule has 2 rings (SSSR count). The Hall–Kier alpha value is -0.850. The number of benzene rings is 1. The summed E-state index contributed by atoms with van der Waals surface area (Å²) in [6.45, 7) is 4.65. The smallest absolute Gasteiger partial charge is 0.123 e. The van der Waals surface area contributed by atoms with Gasteiger partial charge in [0.2, 0.25) is 0 Å². The molecule has 1 aliphatic carbocycles. The third-order valence-corrected chi connectivity index (χ3v) is 4.95. The highest BCUT2D eigenvalue weighted by molar-refractivity contribution is 5.20. The van der Waals surface area contributed by atoms with Crippen molar-refractivity contribution in [1.82, 2.24) is 0 Å². The van der Waals surface area contributed by atoms with Crippen molar-refractivity contribution in [3.63, 3.8) is 0 Å². The maximum Gasteiger partial charge on any atom is 0.123 e. The van der Waals surface area contributed by atoms with E-state index in [4.69, 9.17) is 0 Å². The van der Waals surface area contributed by atoms with Crippen LogP contribution in [0, 0.1) is 17.7 Å². The van der Waals surface area contributed by atoms with Crippen LogP contribution in [0.3, 0.4) is 0 Å². The maximum atomic E-state index is 12.9. The van der Waals surface area contributed by atoms with Crippen LogP contribution in [0.15, 0.2) is 24.3 Å². The van der Waals surface area contributed by atoms with Gasteiger partial charge < -0.3 is 0 Å². The minimum absolute atomic E-state index is 0.119. The standard InChI is InChI=1S/C18H27F/c1-3-14(2)4-5-15-6-8-16(9-7-15)17-10-12-18(19)13-11-17/h10-16H,3-9H2,1-2H3. The Labute approximate surface area is 117 Å². The van der Waals surface area contributed by atoms with Crippen molar-refractivity contribution in [2.24, 2.45) is 11.8 Å². The summed E-state index contributed by atoms with van der Waals surface area (Å²) in [6.07, 6.45) is 9.41. The van der Waals surface area contributed by atoms with Crippen LogP contribution in [0.2, 0.25) is 0 Å². The predicted octanol–water partition coefficient (Wildman–Crippen LogP) is 5.93. The fraction of sp³-hybridized carbons (Fsp3) is 0.667. The van der Waals surface area contributed by atoms with Gasteiger partial charge in [0.15, 0.2) is 0 Å². The molecule has 1 aromatic rings. The van der Waals surface area contributed by atoms with E-state index in [0.717, 1.165) is 11.8 Å². The van der Waals surface area contributed by atoms with Gasteiger partial charge in [-0.2, -0.15) is 0 Å². The average molecular weight is 262 g/mol. The van der Waals surface area contributed by atoms with Gasteiger partial charge in [-0.15, -0.1) is 0 Å². The first-order valence-corrected chi connectivity index (χ1v) is 7.94. The number of hydrogen-bond donors (Lipinski definition) is 0. The minimum Gasteiger partial charge on any atom is -0.207 e. The van der Waals surface area contributed by atoms with Gasteiger partial charge >= 0.3 is 0 Å². The molecule has 0 spiro atoms. The summed E-state index contributed by atoms with van der Waals surface area (Å²) >= 11 is 0. The molecule has 0 radical (unpaired) electrons.